The van der Waals surface area contributed by atoms with Gasteiger partial charge in [0, 0.05) is 35.7 Å². The van der Waals surface area contributed by atoms with Crippen molar-refractivity contribution < 1.29 is 18.8 Å². The number of benzene rings is 1. The highest BCUT2D eigenvalue weighted by atomic mass is 32.1. The molecule has 0 bridgehead atoms. The molecule has 4 aromatic rings. The molecule has 13 heteroatoms. The number of rotatable bonds is 10. The predicted molar refractivity (Wildman–Crippen MR) is 135 cm³/mol. The summed E-state index contributed by atoms with van der Waals surface area (Å²) < 4.78 is 10.2. The molecule has 0 unspecified atom stereocenters. The molecule has 0 aliphatic heterocycles. The fourth-order valence-electron chi connectivity index (χ4n) is 3.40. The van der Waals surface area contributed by atoms with Crippen molar-refractivity contribution in [3.8, 4) is 11.4 Å². The Labute approximate surface area is 209 Å². The van der Waals surface area contributed by atoms with Crippen LogP contribution in [0.2, 0.25) is 0 Å². The standard InChI is InChI=1S/C23H25N7O5S/c1-3-11-30(28-21-15-7-5-6-8-16(15)22(32)27-26-21)19(31)10-9-17-24-20(29-35-17)14-12-18(36-13-14)25-23(33)34-4-2/h5-8,12-13H,3-4,9-11H2,1-2H3,(H,25,33)(H,26,28)(H,27,32). The third-order valence-corrected chi connectivity index (χ3v) is 5.91. The van der Waals surface area contributed by atoms with Crippen LogP contribution in [0.15, 0.2) is 45.0 Å². The van der Waals surface area contributed by atoms with Gasteiger partial charge in [-0.05, 0) is 25.5 Å². The van der Waals surface area contributed by atoms with E-state index in [-0.39, 0.29) is 30.9 Å². The van der Waals surface area contributed by atoms with Gasteiger partial charge in [-0.25, -0.2) is 9.89 Å². The van der Waals surface area contributed by atoms with Crippen LogP contribution >= 0.6 is 11.3 Å². The van der Waals surface area contributed by atoms with Crippen molar-refractivity contribution in [3.63, 3.8) is 0 Å². The van der Waals surface area contributed by atoms with Crippen molar-refractivity contribution >= 4 is 44.9 Å². The van der Waals surface area contributed by atoms with E-state index >= 15 is 0 Å². The molecule has 0 spiro atoms. The molecular formula is C23H25N7O5S. The first-order valence-corrected chi connectivity index (χ1v) is 12.3. The molecule has 4 rings (SSSR count). The van der Waals surface area contributed by atoms with Crippen LogP contribution in [-0.4, -0.2) is 50.5 Å². The Kier molecular flexibility index (Phi) is 7.90. The number of anilines is 2. The lowest BCUT2D eigenvalue weighted by Crippen LogP contribution is -2.37. The van der Waals surface area contributed by atoms with Gasteiger partial charge in [0.25, 0.3) is 5.56 Å². The van der Waals surface area contributed by atoms with Crippen LogP contribution in [0.5, 0.6) is 0 Å². The number of carbonyl (C=O) groups is 2. The normalized spacial score (nSPS) is 10.8. The Morgan fingerprint density at radius 3 is 2.81 bits per heavy atom. The van der Waals surface area contributed by atoms with E-state index in [1.165, 1.54) is 16.3 Å². The van der Waals surface area contributed by atoms with Gasteiger partial charge >= 0.3 is 6.09 Å². The highest BCUT2D eigenvalue weighted by molar-refractivity contribution is 7.14. The number of nitrogens with one attached hydrogen (secondary N) is 3. The number of hydrogen-bond donors (Lipinski definition) is 3. The maximum Gasteiger partial charge on any atom is 0.412 e. The van der Waals surface area contributed by atoms with Gasteiger partial charge < -0.3 is 9.26 Å². The molecule has 188 valence electrons. The highest BCUT2D eigenvalue weighted by Gasteiger charge is 2.18. The zero-order chi connectivity index (χ0) is 25.5. The molecule has 0 atom stereocenters. The molecule has 3 N–H and O–H groups in total. The summed E-state index contributed by atoms with van der Waals surface area (Å²) in [5.41, 5.74) is 3.42. The van der Waals surface area contributed by atoms with Crippen LogP contribution < -0.4 is 16.3 Å². The second-order valence-electron chi connectivity index (χ2n) is 7.66. The van der Waals surface area contributed by atoms with Crippen LogP contribution in [0.4, 0.5) is 15.6 Å². The largest absolute Gasteiger partial charge is 0.450 e. The Morgan fingerprint density at radius 2 is 2.03 bits per heavy atom. The van der Waals surface area contributed by atoms with Gasteiger partial charge in [0.1, 0.15) is 0 Å². The van der Waals surface area contributed by atoms with Gasteiger partial charge in [0.2, 0.25) is 17.6 Å². The molecule has 3 heterocycles. The molecule has 12 nitrogen and oxygen atoms in total. The number of H-pyrrole nitrogens is 1. The summed E-state index contributed by atoms with van der Waals surface area (Å²) in [4.78, 5) is 40.9. The number of fused-ring (bicyclic) bond motifs is 1. The van der Waals surface area contributed by atoms with E-state index in [1.807, 2.05) is 6.92 Å². The summed E-state index contributed by atoms with van der Waals surface area (Å²) in [5.74, 6) is 0.869. The predicted octanol–water partition coefficient (Wildman–Crippen LogP) is 3.80. The number of nitrogens with zero attached hydrogens (tertiary/aromatic N) is 4. The Balaban J connectivity index is 1.39. The van der Waals surface area contributed by atoms with Gasteiger partial charge in [-0.15, -0.1) is 11.3 Å². The number of amides is 2. The lowest BCUT2D eigenvalue weighted by molar-refractivity contribution is -0.130. The molecule has 2 amide bonds. The summed E-state index contributed by atoms with van der Waals surface area (Å²) >= 11 is 1.31. The molecule has 0 saturated heterocycles. The molecule has 0 aliphatic rings. The van der Waals surface area contributed by atoms with Crippen molar-refractivity contribution in [2.45, 2.75) is 33.1 Å². The summed E-state index contributed by atoms with van der Waals surface area (Å²) in [7, 11) is 0. The van der Waals surface area contributed by atoms with Crippen LogP contribution in [0.25, 0.3) is 22.2 Å². The Morgan fingerprint density at radius 1 is 1.22 bits per heavy atom. The fraction of sp³-hybridized carbons (Fsp3) is 0.304. The lowest BCUT2D eigenvalue weighted by atomic mass is 10.2. The van der Waals surface area contributed by atoms with Crippen molar-refractivity contribution in [2.24, 2.45) is 0 Å². The minimum atomic E-state index is -0.534. The first kappa shape index (κ1) is 24.9. The molecule has 3 aromatic heterocycles. The summed E-state index contributed by atoms with van der Waals surface area (Å²) in [6.07, 6.45) is 0.541. The van der Waals surface area contributed by atoms with Crippen LogP contribution in [-0.2, 0) is 16.0 Å². The molecule has 0 aliphatic carbocycles. The maximum atomic E-state index is 13.0. The number of aryl methyl sites for hydroxylation is 1. The van der Waals surface area contributed by atoms with Crippen molar-refractivity contribution in [3.05, 3.63) is 52.0 Å². The number of hydrogen-bond acceptors (Lipinski definition) is 10. The minimum Gasteiger partial charge on any atom is -0.450 e. The lowest BCUT2D eigenvalue weighted by Gasteiger charge is -2.23. The van der Waals surface area contributed by atoms with Gasteiger partial charge in [-0.3, -0.25) is 25.3 Å². The number of aromatic nitrogens is 4. The maximum absolute atomic E-state index is 13.0. The molecule has 0 radical (unpaired) electrons. The molecule has 0 saturated carbocycles. The van der Waals surface area contributed by atoms with Gasteiger partial charge in [0.05, 0.1) is 17.0 Å². The second kappa shape index (κ2) is 11.4. The van der Waals surface area contributed by atoms with E-state index < -0.39 is 6.09 Å². The summed E-state index contributed by atoms with van der Waals surface area (Å²) in [6, 6.07) is 8.76. The third-order valence-electron chi connectivity index (χ3n) is 5.06. The van der Waals surface area contributed by atoms with Crippen molar-refractivity contribution in [2.75, 3.05) is 23.9 Å². The SMILES string of the molecule is CCCN(Nc1n[nH]c(=O)c2ccccc12)C(=O)CCc1nc(-c2csc(NC(=O)OCC)c2)no1. The van der Waals surface area contributed by atoms with E-state index in [4.69, 9.17) is 9.26 Å². The first-order valence-electron chi connectivity index (χ1n) is 11.4. The van der Waals surface area contributed by atoms with Gasteiger partial charge in [-0.1, -0.05) is 30.3 Å². The number of aromatic amines is 1. The Bertz CT molecular complexity index is 1410. The van der Waals surface area contributed by atoms with E-state index in [9.17, 15) is 14.4 Å². The van der Waals surface area contributed by atoms with E-state index in [1.54, 1.807) is 42.6 Å². The van der Waals surface area contributed by atoms with E-state index in [0.29, 0.717) is 51.8 Å². The topological polar surface area (TPSA) is 155 Å². The monoisotopic (exact) mass is 511 g/mol. The van der Waals surface area contributed by atoms with E-state index in [0.717, 1.165) is 0 Å². The number of thiophene rings is 1. The molecular weight excluding hydrogens is 486 g/mol. The zero-order valence-corrected chi connectivity index (χ0v) is 20.6. The molecule has 0 fully saturated rings. The van der Waals surface area contributed by atoms with Crippen LogP contribution in [0, 0.1) is 0 Å². The minimum absolute atomic E-state index is 0.120. The average Bonchev–Trinajstić information content (AvgIpc) is 3.54. The summed E-state index contributed by atoms with van der Waals surface area (Å²) in [6.45, 7) is 4.40. The molecule has 36 heavy (non-hydrogen) atoms. The van der Waals surface area contributed by atoms with Crippen LogP contribution in [0.3, 0.4) is 0 Å². The summed E-state index contributed by atoms with van der Waals surface area (Å²) in [5, 5.41) is 18.1. The highest BCUT2D eigenvalue weighted by Crippen LogP contribution is 2.27. The quantitative estimate of drug-likeness (QED) is 0.270. The number of ether oxygens (including phenoxy) is 1. The van der Waals surface area contributed by atoms with Gasteiger partial charge in [-0.2, -0.15) is 10.1 Å². The number of hydrazine groups is 1. The van der Waals surface area contributed by atoms with Gasteiger partial charge in [0.15, 0.2) is 5.82 Å². The van der Waals surface area contributed by atoms with Crippen molar-refractivity contribution in [1.29, 1.82) is 0 Å². The third kappa shape index (κ3) is 5.86. The Hall–Kier alpha value is -4.26. The van der Waals surface area contributed by atoms with E-state index in [2.05, 4.69) is 31.1 Å². The van der Waals surface area contributed by atoms with Crippen LogP contribution in [0.1, 0.15) is 32.6 Å². The smallest absolute Gasteiger partial charge is 0.412 e. The number of carbonyl (C=O) groups excluding carboxylic acids is 2. The average molecular weight is 512 g/mol. The molecule has 1 aromatic carbocycles. The zero-order valence-electron chi connectivity index (χ0n) is 19.7. The first-order chi connectivity index (χ1) is 17.5. The second-order valence-corrected chi connectivity index (χ2v) is 8.57. The fourth-order valence-corrected chi connectivity index (χ4v) is 4.17. The van der Waals surface area contributed by atoms with Crippen molar-refractivity contribution in [1.82, 2.24) is 25.3 Å².